The van der Waals surface area contributed by atoms with Crippen LogP contribution >= 0.6 is 0 Å². The molecule has 3 aliphatic carbocycles. The van der Waals surface area contributed by atoms with Gasteiger partial charge in [0, 0.05) is 0 Å². The average molecular weight is 503 g/mol. The molecule has 3 aliphatic rings. The van der Waals surface area contributed by atoms with Crippen LogP contribution in [0, 0.1) is 47.1 Å². The Kier molecular flexibility index (Phi) is 9.84. The normalized spacial score (nSPS) is 30.3. The van der Waals surface area contributed by atoms with Crippen LogP contribution in [0.4, 0.5) is 8.78 Å². The number of carbonyl (C=O) groups is 1. The number of unbranched alkanes of at least 4 members (excludes halogenated alkanes) is 2. The molecule has 0 radical (unpaired) electrons. The maximum Gasteiger partial charge on any atom is 0.314 e. The first-order valence-corrected chi connectivity index (χ1v) is 14.4. The molecule has 4 rings (SSSR count). The number of fused-ring (bicyclic) bond motifs is 1. The Morgan fingerprint density at radius 3 is 2.42 bits per heavy atom. The summed E-state index contributed by atoms with van der Waals surface area (Å²) in [6.07, 6.45) is 18.9. The van der Waals surface area contributed by atoms with Crippen LogP contribution < -0.4 is 9.47 Å². The first-order valence-electron chi connectivity index (χ1n) is 14.4. The Morgan fingerprint density at radius 1 is 0.944 bits per heavy atom. The lowest BCUT2D eigenvalue weighted by Crippen LogP contribution is -2.40. The van der Waals surface area contributed by atoms with E-state index in [1.165, 1.54) is 88.8 Å². The first-order chi connectivity index (χ1) is 17.5. The summed E-state index contributed by atoms with van der Waals surface area (Å²) in [6, 6.07) is 2.59. The Balaban J connectivity index is 1.31. The Hall–Kier alpha value is -1.91. The van der Waals surface area contributed by atoms with Gasteiger partial charge in [-0.15, -0.1) is 0 Å². The van der Waals surface area contributed by atoms with Crippen molar-refractivity contribution in [3.63, 3.8) is 0 Å². The van der Waals surface area contributed by atoms with Gasteiger partial charge >= 0.3 is 5.97 Å². The van der Waals surface area contributed by atoms with Crippen LogP contribution in [0.2, 0.25) is 0 Å². The summed E-state index contributed by atoms with van der Waals surface area (Å²) in [6.45, 7) is 5.85. The van der Waals surface area contributed by atoms with Crippen molar-refractivity contribution in [2.75, 3.05) is 6.61 Å². The number of hydrogen-bond acceptors (Lipinski definition) is 3. The minimum atomic E-state index is -1.17. The van der Waals surface area contributed by atoms with Gasteiger partial charge in [-0.3, -0.25) is 4.79 Å². The second-order valence-electron chi connectivity index (χ2n) is 11.5. The molecule has 1 aromatic carbocycles. The van der Waals surface area contributed by atoms with Crippen LogP contribution in [0.3, 0.4) is 0 Å². The highest BCUT2D eigenvalue weighted by molar-refractivity contribution is 5.75. The predicted molar refractivity (Wildman–Crippen MR) is 139 cm³/mol. The summed E-state index contributed by atoms with van der Waals surface area (Å²) in [5, 5.41) is 0. The second kappa shape index (κ2) is 13.1. The first kappa shape index (κ1) is 27.1. The van der Waals surface area contributed by atoms with Gasteiger partial charge in [-0.1, -0.05) is 70.9 Å². The highest BCUT2D eigenvalue weighted by Gasteiger charge is 2.43. The summed E-state index contributed by atoms with van der Waals surface area (Å²) in [7, 11) is 0. The lowest BCUT2D eigenvalue weighted by atomic mass is 9.59. The summed E-state index contributed by atoms with van der Waals surface area (Å²) in [5.41, 5.74) is 0. The van der Waals surface area contributed by atoms with E-state index in [-0.39, 0.29) is 24.0 Å². The molecule has 0 heterocycles. The summed E-state index contributed by atoms with van der Waals surface area (Å²) in [5.74, 6) is -0.0852. The molecule has 0 aromatic heterocycles. The van der Waals surface area contributed by atoms with Gasteiger partial charge in [0.2, 0.25) is 11.6 Å². The van der Waals surface area contributed by atoms with E-state index < -0.39 is 17.6 Å². The van der Waals surface area contributed by atoms with E-state index in [4.69, 9.17) is 9.47 Å². The number of ether oxygens (including phenoxy) is 2. The molecule has 0 amide bonds. The molecule has 3 fully saturated rings. The second-order valence-corrected chi connectivity index (χ2v) is 11.5. The number of esters is 1. The van der Waals surface area contributed by atoms with Crippen molar-refractivity contribution in [3.05, 3.63) is 36.4 Å². The standard InChI is InChI=1S/C31H44F2O3/c1-3-5-6-8-21-11-13-22(14-12-21)23-15-16-25-24(20-23)9-7-10-26(25)31(34)36-28-18-17-27(35-19-4-2)29(32)30(28)33/h4,17-18,21-26H,2-3,5-16,19-20H2,1H3. The Morgan fingerprint density at radius 2 is 1.67 bits per heavy atom. The SMILES string of the molecule is C=CCOc1ccc(OC(=O)C2CCCC3CC(C4CCC(CCCCC)CC4)CCC32)c(F)c1F. The monoisotopic (exact) mass is 502 g/mol. The number of hydrogen-bond donors (Lipinski definition) is 0. The molecule has 3 nitrogen and oxygen atoms in total. The van der Waals surface area contributed by atoms with Gasteiger partial charge in [-0.25, -0.2) is 0 Å². The summed E-state index contributed by atoms with van der Waals surface area (Å²) in [4.78, 5) is 13.1. The quantitative estimate of drug-likeness (QED) is 0.139. The zero-order valence-electron chi connectivity index (χ0n) is 22.0. The van der Waals surface area contributed by atoms with Crippen molar-refractivity contribution in [1.29, 1.82) is 0 Å². The van der Waals surface area contributed by atoms with E-state index in [1.54, 1.807) is 0 Å². The smallest absolute Gasteiger partial charge is 0.314 e. The molecule has 1 aromatic rings. The minimum absolute atomic E-state index is 0.0715. The van der Waals surface area contributed by atoms with Crippen molar-refractivity contribution in [1.82, 2.24) is 0 Å². The molecule has 0 spiro atoms. The van der Waals surface area contributed by atoms with Crippen molar-refractivity contribution >= 4 is 5.97 Å². The lowest BCUT2D eigenvalue weighted by Gasteiger charge is -2.46. The fourth-order valence-corrected chi connectivity index (χ4v) is 7.39. The van der Waals surface area contributed by atoms with Crippen LogP contribution in [0.1, 0.15) is 96.8 Å². The summed E-state index contributed by atoms with van der Waals surface area (Å²) < 4.78 is 39.5. The molecular weight excluding hydrogens is 458 g/mol. The number of halogens is 2. The Labute approximate surface area is 216 Å². The van der Waals surface area contributed by atoms with E-state index >= 15 is 0 Å². The van der Waals surface area contributed by atoms with E-state index in [1.807, 2.05) is 0 Å². The van der Waals surface area contributed by atoms with Gasteiger partial charge in [0.1, 0.15) is 6.61 Å². The molecule has 36 heavy (non-hydrogen) atoms. The maximum absolute atomic E-state index is 14.6. The third-order valence-electron chi connectivity index (χ3n) is 9.34. The number of benzene rings is 1. The van der Waals surface area contributed by atoms with Crippen LogP contribution in [0.25, 0.3) is 0 Å². The van der Waals surface area contributed by atoms with Gasteiger partial charge in [0.25, 0.3) is 0 Å². The molecule has 0 N–H and O–H groups in total. The Bertz CT molecular complexity index is 877. The molecule has 0 bridgehead atoms. The zero-order valence-corrected chi connectivity index (χ0v) is 22.0. The highest BCUT2D eigenvalue weighted by atomic mass is 19.2. The van der Waals surface area contributed by atoms with Crippen molar-refractivity contribution in [3.8, 4) is 11.5 Å². The van der Waals surface area contributed by atoms with E-state index in [2.05, 4.69) is 13.5 Å². The molecule has 4 atom stereocenters. The van der Waals surface area contributed by atoms with Crippen LogP contribution in [-0.2, 0) is 4.79 Å². The number of rotatable bonds is 10. The van der Waals surface area contributed by atoms with Crippen LogP contribution in [0.15, 0.2) is 24.8 Å². The fraction of sp³-hybridized carbons (Fsp3) is 0.710. The van der Waals surface area contributed by atoms with Crippen molar-refractivity contribution in [2.45, 2.75) is 96.8 Å². The maximum atomic E-state index is 14.6. The lowest BCUT2D eigenvalue weighted by molar-refractivity contribution is -0.144. The van der Waals surface area contributed by atoms with E-state index in [9.17, 15) is 13.6 Å². The highest BCUT2D eigenvalue weighted by Crippen LogP contribution is 2.50. The molecule has 3 saturated carbocycles. The van der Waals surface area contributed by atoms with E-state index in [0.29, 0.717) is 11.8 Å². The molecule has 5 heteroatoms. The zero-order chi connectivity index (χ0) is 25.5. The van der Waals surface area contributed by atoms with Gasteiger partial charge in [-0.2, -0.15) is 8.78 Å². The average Bonchev–Trinajstić information content (AvgIpc) is 2.90. The van der Waals surface area contributed by atoms with Gasteiger partial charge < -0.3 is 9.47 Å². The van der Waals surface area contributed by atoms with Crippen molar-refractivity contribution in [2.24, 2.45) is 35.5 Å². The third-order valence-corrected chi connectivity index (χ3v) is 9.34. The topological polar surface area (TPSA) is 35.5 Å². The van der Waals surface area contributed by atoms with E-state index in [0.717, 1.165) is 37.0 Å². The third kappa shape index (κ3) is 6.50. The van der Waals surface area contributed by atoms with Crippen molar-refractivity contribution < 1.29 is 23.0 Å². The molecular formula is C31H44F2O3. The van der Waals surface area contributed by atoms with Crippen LogP contribution in [0.5, 0.6) is 11.5 Å². The predicted octanol–water partition coefficient (Wildman–Crippen LogP) is 8.65. The van der Waals surface area contributed by atoms with Gasteiger partial charge in [-0.05, 0) is 80.2 Å². The minimum Gasteiger partial charge on any atom is -0.486 e. The summed E-state index contributed by atoms with van der Waals surface area (Å²) >= 11 is 0. The molecule has 0 saturated heterocycles. The largest absolute Gasteiger partial charge is 0.486 e. The number of carbonyl (C=O) groups excluding carboxylic acids is 1. The van der Waals surface area contributed by atoms with Crippen LogP contribution in [-0.4, -0.2) is 12.6 Å². The van der Waals surface area contributed by atoms with Gasteiger partial charge in [0.15, 0.2) is 11.5 Å². The van der Waals surface area contributed by atoms with Gasteiger partial charge in [0.05, 0.1) is 5.92 Å². The molecule has 0 aliphatic heterocycles. The fourth-order valence-electron chi connectivity index (χ4n) is 7.39. The molecule has 200 valence electrons. The molecule has 4 unspecified atom stereocenters.